The molecule has 0 aromatic heterocycles. The Morgan fingerprint density at radius 2 is 1.90 bits per heavy atom. The van der Waals surface area contributed by atoms with Crippen LogP contribution in [0.3, 0.4) is 0 Å². The SMILES string of the molecule is O=C(O)[C@@H]1CCN(C(=O)[C@H]2CC[C@@H](C(F)(F)F)NC2=O)C1. The highest BCUT2D eigenvalue weighted by molar-refractivity contribution is 6.01. The second-order valence-electron chi connectivity index (χ2n) is 5.34. The molecule has 9 heteroatoms. The maximum Gasteiger partial charge on any atom is 0.408 e. The number of rotatable bonds is 2. The van der Waals surface area contributed by atoms with Gasteiger partial charge in [0.25, 0.3) is 0 Å². The van der Waals surface area contributed by atoms with Gasteiger partial charge in [-0.15, -0.1) is 0 Å². The molecule has 2 N–H and O–H groups in total. The standard InChI is InChI=1S/C12H15F3N2O4/c13-12(14,15)8-2-1-7(9(18)16-8)10(19)17-4-3-6(5-17)11(20)21/h6-8H,1-5H2,(H,16,18)(H,20,21)/t6-,7+,8+/m1/s1. The van der Waals surface area contributed by atoms with Crippen molar-refractivity contribution in [3.8, 4) is 0 Å². The smallest absolute Gasteiger partial charge is 0.408 e. The number of carbonyl (C=O) groups is 3. The van der Waals surface area contributed by atoms with Crippen LogP contribution < -0.4 is 5.32 Å². The molecule has 0 radical (unpaired) electrons. The number of halogens is 3. The Morgan fingerprint density at radius 1 is 1.24 bits per heavy atom. The van der Waals surface area contributed by atoms with Gasteiger partial charge in [0.15, 0.2) is 0 Å². The van der Waals surface area contributed by atoms with Crippen molar-refractivity contribution in [1.82, 2.24) is 10.2 Å². The van der Waals surface area contributed by atoms with Crippen molar-refractivity contribution in [2.24, 2.45) is 11.8 Å². The van der Waals surface area contributed by atoms with E-state index in [1.807, 2.05) is 5.32 Å². The summed E-state index contributed by atoms with van der Waals surface area (Å²) in [4.78, 5) is 35.9. The highest BCUT2D eigenvalue weighted by Crippen LogP contribution is 2.30. The van der Waals surface area contributed by atoms with Crippen molar-refractivity contribution in [3.05, 3.63) is 0 Å². The molecule has 0 aromatic carbocycles. The van der Waals surface area contributed by atoms with E-state index in [1.54, 1.807) is 0 Å². The molecular formula is C12H15F3N2O4. The van der Waals surface area contributed by atoms with Crippen LogP contribution in [0.25, 0.3) is 0 Å². The Balaban J connectivity index is 1.96. The molecule has 6 nitrogen and oxygen atoms in total. The van der Waals surface area contributed by atoms with Gasteiger partial charge in [0.2, 0.25) is 11.8 Å². The summed E-state index contributed by atoms with van der Waals surface area (Å²) >= 11 is 0. The Bertz CT molecular complexity index is 466. The fourth-order valence-electron chi connectivity index (χ4n) is 2.67. The molecule has 2 fully saturated rings. The number of piperidine rings is 1. The van der Waals surface area contributed by atoms with Crippen LogP contribution in [0.15, 0.2) is 0 Å². The number of aliphatic carboxylic acids is 1. The molecule has 0 unspecified atom stereocenters. The van der Waals surface area contributed by atoms with Crippen LogP contribution >= 0.6 is 0 Å². The maximum absolute atomic E-state index is 12.5. The van der Waals surface area contributed by atoms with Gasteiger partial charge in [-0.1, -0.05) is 0 Å². The molecule has 2 aliphatic heterocycles. The first kappa shape index (κ1) is 15.6. The molecule has 21 heavy (non-hydrogen) atoms. The Hall–Kier alpha value is -1.80. The molecule has 118 valence electrons. The fraction of sp³-hybridized carbons (Fsp3) is 0.750. The van der Waals surface area contributed by atoms with E-state index >= 15 is 0 Å². The van der Waals surface area contributed by atoms with Crippen LogP contribution in [-0.4, -0.2) is 53.1 Å². The van der Waals surface area contributed by atoms with E-state index < -0.39 is 41.8 Å². The van der Waals surface area contributed by atoms with E-state index in [-0.39, 0.29) is 25.9 Å². The van der Waals surface area contributed by atoms with Crippen molar-refractivity contribution in [3.63, 3.8) is 0 Å². The van der Waals surface area contributed by atoms with Gasteiger partial charge in [-0.05, 0) is 19.3 Å². The lowest BCUT2D eigenvalue weighted by Gasteiger charge is -2.31. The number of nitrogens with zero attached hydrogens (tertiary/aromatic N) is 1. The van der Waals surface area contributed by atoms with Gasteiger partial charge in [-0.25, -0.2) is 0 Å². The predicted molar refractivity (Wildman–Crippen MR) is 63.0 cm³/mol. The lowest BCUT2D eigenvalue weighted by Crippen LogP contribution is -2.54. The molecule has 2 rings (SSSR count). The molecule has 2 heterocycles. The Labute approximate surface area is 118 Å². The normalized spacial score (nSPS) is 30.1. The van der Waals surface area contributed by atoms with Crippen LogP contribution in [-0.2, 0) is 14.4 Å². The number of likely N-dealkylation sites (tertiary alicyclic amines) is 1. The zero-order chi connectivity index (χ0) is 15.8. The minimum absolute atomic E-state index is 0.000641. The minimum Gasteiger partial charge on any atom is -0.481 e. The van der Waals surface area contributed by atoms with Gasteiger partial charge >= 0.3 is 12.1 Å². The van der Waals surface area contributed by atoms with E-state index in [2.05, 4.69) is 0 Å². The Morgan fingerprint density at radius 3 is 2.38 bits per heavy atom. The number of nitrogens with one attached hydrogen (secondary N) is 1. The van der Waals surface area contributed by atoms with E-state index in [1.165, 1.54) is 4.90 Å². The van der Waals surface area contributed by atoms with Crippen LogP contribution in [0, 0.1) is 11.8 Å². The third-order valence-corrected chi connectivity index (χ3v) is 3.92. The summed E-state index contributed by atoms with van der Waals surface area (Å²) in [5.74, 6) is -4.38. The van der Waals surface area contributed by atoms with Crippen molar-refractivity contribution in [1.29, 1.82) is 0 Å². The van der Waals surface area contributed by atoms with E-state index in [4.69, 9.17) is 5.11 Å². The summed E-state index contributed by atoms with van der Waals surface area (Å²) < 4.78 is 37.5. The second kappa shape index (κ2) is 5.53. The lowest BCUT2D eigenvalue weighted by atomic mass is 9.92. The molecular weight excluding hydrogens is 293 g/mol. The van der Waals surface area contributed by atoms with Crippen molar-refractivity contribution < 1.29 is 32.7 Å². The molecule has 2 amide bonds. The van der Waals surface area contributed by atoms with E-state index in [0.29, 0.717) is 6.42 Å². The Kier molecular flexibility index (Phi) is 4.11. The van der Waals surface area contributed by atoms with Gasteiger partial charge in [0.05, 0.1) is 5.92 Å². The summed E-state index contributed by atoms with van der Waals surface area (Å²) in [5.41, 5.74) is 0. The van der Waals surface area contributed by atoms with Crippen molar-refractivity contribution >= 4 is 17.8 Å². The largest absolute Gasteiger partial charge is 0.481 e. The average Bonchev–Trinajstić information content (AvgIpc) is 2.86. The molecule has 2 aliphatic rings. The molecule has 2 saturated heterocycles. The third kappa shape index (κ3) is 3.27. The summed E-state index contributed by atoms with van der Waals surface area (Å²) in [5, 5.41) is 10.7. The summed E-state index contributed by atoms with van der Waals surface area (Å²) in [6.07, 6.45) is -4.75. The molecule has 0 bridgehead atoms. The van der Waals surface area contributed by atoms with E-state index in [0.717, 1.165) is 0 Å². The molecule has 3 atom stereocenters. The van der Waals surface area contributed by atoms with Gasteiger partial charge in [0, 0.05) is 13.1 Å². The summed E-state index contributed by atoms with van der Waals surface area (Å²) in [7, 11) is 0. The number of alkyl halides is 3. The van der Waals surface area contributed by atoms with Crippen molar-refractivity contribution in [2.45, 2.75) is 31.5 Å². The quantitative estimate of drug-likeness (QED) is 0.722. The highest BCUT2D eigenvalue weighted by atomic mass is 19.4. The van der Waals surface area contributed by atoms with Crippen molar-refractivity contribution in [2.75, 3.05) is 13.1 Å². The molecule has 0 aromatic rings. The molecule has 0 spiro atoms. The number of hydrogen-bond acceptors (Lipinski definition) is 3. The maximum atomic E-state index is 12.5. The van der Waals surface area contributed by atoms with Crippen LogP contribution in [0.5, 0.6) is 0 Å². The highest BCUT2D eigenvalue weighted by Gasteiger charge is 2.47. The van der Waals surface area contributed by atoms with Gasteiger partial charge in [-0.2, -0.15) is 13.2 Å². The van der Waals surface area contributed by atoms with Crippen LogP contribution in [0.1, 0.15) is 19.3 Å². The topological polar surface area (TPSA) is 86.7 Å². The van der Waals surface area contributed by atoms with Crippen LogP contribution in [0.2, 0.25) is 0 Å². The first-order chi connectivity index (χ1) is 9.70. The number of carboxylic acid groups (broad SMARTS) is 1. The number of amides is 2. The van der Waals surface area contributed by atoms with Gasteiger partial charge < -0.3 is 15.3 Å². The zero-order valence-corrected chi connectivity index (χ0v) is 11.0. The average molecular weight is 308 g/mol. The van der Waals surface area contributed by atoms with Gasteiger partial charge in [0.1, 0.15) is 12.0 Å². The summed E-state index contributed by atoms with van der Waals surface area (Å²) in [6, 6.07) is -1.92. The predicted octanol–water partition coefficient (Wildman–Crippen LogP) is 0.377. The number of carbonyl (C=O) groups excluding carboxylic acids is 2. The lowest BCUT2D eigenvalue weighted by molar-refractivity contribution is -0.172. The number of hydrogen-bond donors (Lipinski definition) is 2. The zero-order valence-electron chi connectivity index (χ0n) is 11.0. The summed E-state index contributed by atoms with van der Waals surface area (Å²) in [6.45, 7) is 0.211. The second-order valence-corrected chi connectivity index (χ2v) is 5.34. The first-order valence-corrected chi connectivity index (χ1v) is 6.59. The first-order valence-electron chi connectivity index (χ1n) is 6.59. The molecule has 0 aliphatic carbocycles. The fourth-order valence-corrected chi connectivity index (χ4v) is 2.67. The minimum atomic E-state index is -4.52. The monoisotopic (exact) mass is 308 g/mol. The van der Waals surface area contributed by atoms with Gasteiger partial charge in [-0.3, -0.25) is 14.4 Å². The van der Waals surface area contributed by atoms with E-state index in [9.17, 15) is 27.6 Å². The molecule has 0 saturated carbocycles. The number of carboxylic acids is 1. The third-order valence-electron chi connectivity index (χ3n) is 3.92. The van der Waals surface area contributed by atoms with Crippen LogP contribution in [0.4, 0.5) is 13.2 Å².